The summed E-state index contributed by atoms with van der Waals surface area (Å²) in [6, 6.07) is 8.88. The van der Waals surface area contributed by atoms with Crippen molar-refractivity contribution in [1.82, 2.24) is 15.1 Å². The van der Waals surface area contributed by atoms with E-state index in [4.69, 9.17) is 0 Å². The molecule has 0 bridgehead atoms. The molecule has 3 heteroatoms. The van der Waals surface area contributed by atoms with Crippen LogP contribution < -0.4 is 5.32 Å². The maximum Gasteiger partial charge on any atom is 0.0647 e. The highest BCUT2D eigenvalue weighted by Gasteiger charge is 2.20. The molecule has 0 aliphatic heterocycles. The topological polar surface area (TPSA) is 29.9 Å². The van der Waals surface area contributed by atoms with Crippen molar-refractivity contribution in [1.29, 1.82) is 0 Å². The Labute approximate surface area is 109 Å². The minimum atomic E-state index is 0.208. The number of benzene rings is 1. The fourth-order valence-electron chi connectivity index (χ4n) is 2.44. The number of nitrogens with zero attached hydrogens (tertiary/aromatic N) is 2. The lowest BCUT2D eigenvalue weighted by molar-refractivity contribution is 0.678. The normalized spacial score (nSPS) is 12.7. The van der Waals surface area contributed by atoms with Gasteiger partial charge in [0.05, 0.1) is 11.7 Å². The number of aromatic nitrogens is 2. The lowest BCUT2D eigenvalue weighted by atomic mass is 9.96. The first kappa shape index (κ1) is 12.8. The first-order chi connectivity index (χ1) is 8.54. The second-order valence-electron chi connectivity index (χ2n) is 4.84. The summed E-state index contributed by atoms with van der Waals surface area (Å²) in [5.41, 5.74) is 6.15. The van der Waals surface area contributed by atoms with E-state index in [1.54, 1.807) is 0 Å². The molecular weight excluding hydrogens is 222 g/mol. The van der Waals surface area contributed by atoms with Crippen molar-refractivity contribution in [3.63, 3.8) is 0 Å². The van der Waals surface area contributed by atoms with Gasteiger partial charge in [0.25, 0.3) is 0 Å². The largest absolute Gasteiger partial charge is 0.309 e. The van der Waals surface area contributed by atoms with Crippen LogP contribution in [0.5, 0.6) is 0 Å². The molecule has 0 aliphatic rings. The number of aryl methyl sites for hydroxylation is 3. The molecule has 0 saturated heterocycles. The summed E-state index contributed by atoms with van der Waals surface area (Å²) >= 11 is 0. The molecule has 0 spiro atoms. The number of hydrogen-bond acceptors (Lipinski definition) is 2. The van der Waals surface area contributed by atoms with Crippen molar-refractivity contribution in [2.75, 3.05) is 7.05 Å². The molecule has 18 heavy (non-hydrogen) atoms. The molecule has 0 amide bonds. The van der Waals surface area contributed by atoms with Gasteiger partial charge < -0.3 is 5.32 Å². The standard InChI is InChI=1S/C15H21N3/c1-10-6-8-13(9-7-10)15(16-4)14-11(2)17-18(5)12(14)3/h6-9,15-16H,1-5H3. The zero-order valence-corrected chi connectivity index (χ0v) is 11.8. The van der Waals surface area contributed by atoms with Crippen molar-refractivity contribution in [3.8, 4) is 0 Å². The monoisotopic (exact) mass is 243 g/mol. The average Bonchev–Trinajstić information content (AvgIpc) is 2.59. The van der Waals surface area contributed by atoms with Gasteiger partial charge in [-0.1, -0.05) is 29.8 Å². The molecule has 1 N–H and O–H groups in total. The van der Waals surface area contributed by atoms with Crippen LogP contribution in [0.25, 0.3) is 0 Å². The Morgan fingerprint density at radius 1 is 1.11 bits per heavy atom. The van der Waals surface area contributed by atoms with Crippen molar-refractivity contribution in [2.45, 2.75) is 26.8 Å². The molecule has 96 valence electrons. The van der Waals surface area contributed by atoms with E-state index in [9.17, 15) is 0 Å². The number of nitrogens with one attached hydrogen (secondary N) is 1. The summed E-state index contributed by atoms with van der Waals surface area (Å²) in [6.45, 7) is 6.30. The van der Waals surface area contributed by atoms with E-state index < -0.39 is 0 Å². The maximum atomic E-state index is 4.50. The molecule has 2 rings (SSSR count). The SMILES string of the molecule is CNC(c1ccc(C)cc1)c1c(C)nn(C)c1C. The Kier molecular flexibility index (Phi) is 3.53. The first-order valence-electron chi connectivity index (χ1n) is 6.28. The fraction of sp³-hybridized carbons (Fsp3) is 0.400. The Morgan fingerprint density at radius 2 is 1.72 bits per heavy atom. The average molecular weight is 243 g/mol. The Hall–Kier alpha value is -1.61. The van der Waals surface area contributed by atoms with Gasteiger partial charge in [-0.2, -0.15) is 5.10 Å². The van der Waals surface area contributed by atoms with Crippen LogP contribution in [0.1, 0.15) is 34.1 Å². The smallest absolute Gasteiger partial charge is 0.0647 e. The van der Waals surface area contributed by atoms with Crippen molar-refractivity contribution < 1.29 is 0 Å². The van der Waals surface area contributed by atoms with Gasteiger partial charge in [0.15, 0.2) is 0 Å². The van der Waals surface area contributed by atoms with Gasteiger partial charge in [-0.05, 0) is 33.4 Å². The van der Waals surface area contributed by atoms with Crippen molar-refractivity contribution in [2.24, 2.45) is 7.05 Å². The second-order valence-corrected chi connectivity index (χ2v) is 4.84. The van der Waals surface area contributed by atoms with E-state index in [2.05, 4.69) is 55.5 Å². The summed E-state index contributed by atoms with van der Waals surface area (Å²) in [6.07, 6.45) is 0. The van der Waals surface area contributed by atoms with Crippen LogP contribution in [0, 0.1) is 20.8 Å². The molecule has 1 heterocycles. The zero-order valence-electron chi connectivity index (χ0n) is 11.8. The molecule has 1 unspecified atom stereocenters. The Balaban J connectivity index is 2.48. The highest BCUT2D eigenvalue weighted by atomic mass is 15.3. The molecule has 0 aliphatic carbocycles. The van der Waals surface area contributed by atoms with Gasteiger partial charge in [-0.15, -0.1) is 0 Å². The fourth-order valence-corrected chi connectivity index (χ4v) is 2.44. The lowest BCUT2D eigenvalue weighted by Crippen LogP contribution is -2.19. The lowest BCUT2D eigenvalue weighted by Gasteiger charge is -2.18. The van der Waals surface area contributed by atoms with Gasteiger partial charge in [0.1, 0.15) is 0 Å². The van der Waals surface area contributed by atoms with Crippen LogP contribution in [-0.4, -0.2) is 16.8 Å². The van der Waals surface area contributed by atoms with Crippen LogP contribution in [0.3, 0.4) is 0 Å². The molecule has 1 aromatic heterocycles. The zero-order chi connectivity index (χ0) is 13.3. The molecule has 0 saturated carbocycles. The molecule has 3 nitrogen and oxygen atoms in total. The van der Waals surface area contributed by atoms with Gasteiger partial charge in [0, 0.05) is 18.3 Å². The molecule has 0 radical (unpaired) electrons. The van der Waals surface area contributed by atoms with E-state index in [1.165, 1.54) is 22.4 Å². The third-order valence-electron chi connectivity index (χ3n) is 3.55. The maximum absolute atomic E-state index is 4.50. The summed E-state index contributed by atoms with van der Waals surface area (Å²) in [5, 5.41) is 7.89. The number of hydrogen-bond donors (Lipinski definition) is 1. The summed E-state index contributed by atoms with van der Waals surface area (Å²) in [7, 11) is 3.99. The molecular formula is C15H21N3. The minimum absolute atomic E-state index is 0.208. The van der Waals surface area contributed by atoms with Crippen LogP contribution >= 0.6 is 0 Å². The van der Waals surface area contributed by atoms with E-state index in [0.29, 0.717) is 0 Å². The third-order valence-corrected chi connectivity index (χ3v) is 3.55. The van der Waals surface area contributed by atoms with E-state index in [0.717, 1.165) is 5.69 Å². The number of rotatable bonds is 3. The van der Waals surface area contributed by atoms with Crippen molar-refractivity contribution in [3.05, 3.63) is 52.3 Å². The first-order valence-corrected chi connectivity index (χ1v) is 6.28. The van der Waals surface area contributed by atoms with E-state index in [-0.39, 0.29) is 6.04 Å². The quantitative estimate of drug-likeness (QED) is 0.898. The Morgan fingerprint density at radius 3 is 2.17 bits per heavy atom. The predicted molar refractivity (Wildman–Crippen MR) is 74.8 cm³/mol. The van der Waals surface area contributed by atoms with Crippen LogP contribution in [0.2, 0.25) is 0 Å². The molecule has 1 aromatic carbocycles. The molecule has 2 aromatic rings. The van der Waals surface area contributed by atoms with Gasteiger partial charge in [0.2, 0.25) is 0 Å². The molecule has 0 fully saturated rings. The van der Waals surface area contributed by atoms with Crippen molar-refractivity contribution >= 4 is 0 Å². The van der Waals surface area contributed by atoms with E-state index in [1.807, 2.05) is 18.8 Å². The minimum Gasteiger partial charge on any atom is -0.309 e. The predicted octanol–water partition coefficient (Wildman–Crippen LogP) is 2.65. The van der Waals surface area contributed by atoms with Crippen LogP contribution in [0.15, 0.2) is 24.3 Å². The van der Waals surface area contributed by atoms with Gasteiger partial charge >= 0.3 is 0 Å². The third kappa shape index (κ3) is 2.18. The van der Waals surface area contributed by atoms with Crippen LogP contribution in [-0.2, 0) is 7.05 Å². The Bertz CT molecular complexity index is 538. The molecule has 1 atom stereocenters. The van der Waals surface area contributed by atoms with E-state index >= 15 is 0 Å². The van der Waals surface area contributed by atoms with Crippen LogP contribution in [0.4, 0.5) is 0 Å². The van der Waals surface area contributed by atoms with Gasteiger partial charge in [-0.3, -0.25) is 4.68 Å². The highest BCUT2D eigenvalue weighted by Crippen LogP contribution is 2.27. The summed E-state index contributed by atoms with van der Waals surface area (Å²) < 4.78 is 1.95. The highest BCUT2D eigenvalue weighted by molar-refractivity contribution is 5.37. The second kappa shape index (κ2) is 4.94. The summed E-state index contributed by atoms with van der Waals surface area (Å²) in [5.74, 6) is 0. The van der Waals surface area contributed by atoms with Gasteiger partial charge in [-0.25, -0.2) is 0 Å². The summed E-state index contributed by atoms with van der Waals surface area (Å²) in [4.78, 5) is 0.